The third kappa shape index (κ3) is 5.25. The van der Waals surface area contributed by atoms with Gasteiger partial charge in [-0.15, -0.1) is 0 Å². The molecule has 0 bridgehead atoms. The van der Waals surface area contributed by atoms with E-state index in [0.717, 1.165) is 0 Å². The summed E-state index contributed by atoms with van der Waals surface area (Å²) in [5.41, 5.74) is 0.749. The van der Waals surface area contributed by atoms with E-state index in [-0.39, 0.29) is 24.6 Å². The topological polar surface area (TPSA) is 77.2 Å². The monoisotopic (exact) mass is 285 g/mol. The van der Waals surface area contributed by atoms with Crippen LogP contribution < -0.4 is 0 Å². The third-order valence-electron chi connectivity index (χ3n) is 2.68. The lowest BCUT2D eigenvalue weighted by Crippen LogP contribution is -2.36. The zero-order chi connectivity index (χ0) is 15.7. The second kappa shape index (κ2) is 8.73. The van der Waals surface area contributed by atoms with Crippen LogP contribution in [-0.4, -0.2) is 40.6 Å². The molecule has 0 aromatic carbocycles. The van der Waals surface area contributed by atoms with Gasteiger partial charge in [0.15, 0.2) is 0 Å². The molecule has 5 heteroatoms. The average molecular weight is 285 g/mol. The highest BCUT2D eigenvalue weighted by Gasteiger charge is 2.20. The average Bonchev–Trinajstić information content (AvgIpc) is 2.48. The lowest BCUT2D eigenvalue weighted by atomic mass is 10.1. The van der Waals surface area contributed by atoms with E-state index in [1.165, 1.54) is 6.20 Å². The standard InChI is InChI=1S/C16H19N3O2/c1-13(2)12-19(10-5-8-17)16(21)15-14(7-4-11-20)6-3-9-18-15/h3,6,9,13,20H,5,10-12H2,1-2H3. The zero-order valence-electron chi connectivity index (χ0n) is 12.3. The molecule has 21 heavy (non-hydrogen) atoms. The summed E-state index contributed by atoms with van der Waals surface area (Å²) >= 11 is 0. The molecule has 0 fully saturated rings. The molecule has 1 aromatic rings. The fourth-order valence-corrected chi connectivity index (χ4v) is 1.86. The Morgan fingerprint density at radius 2 is 2.29 bits per heavy atom. The molecule has 0 aliphatic heterocycles. The molecule has 0 spiro atoms. The van der Waals surface area contributed by atoms with Crippen molar-refractivity contribution in [3.05, 3.63) is 29.6 Å². The molecule has 0 radical (unpaired) electrons. The second-order valence-corrected chi connectivity index (χ2v) is 4.91. The first kappa shape index (κ1) is 16.7. The van der Waals surface area contributed by atoms with E-state index in [1.54, 1.807) is 17.0 Å². The number of amides is 1. The van der Waals surface area contributed by atoms with Gasteiger partial charge in [-0.1, -0.05) is 25.7 Å². The van der Waals surface area contributed by atoms with Crippen LogP contribution in [0, 0.1) is 29.1 Å². The fourth-order valence-electron chi connectivity index (χ4n) is 1.86. The summed E-state index contributed by atoms with van der Waals surface area (Å²) in [5.74, 6) is 5.32. The SMILES string of the molecule is CC(C)CN(CCC#N)C(=O)c1ncccc1C#CCO. The molecule has 0 aliphatic carbocycles. The molecule has 1 amide bonds. The number of aliphatic hydroxyl groups is 1. The number of aliphatic hydroxyl groups excluding tert-OH is 1. The third-order valence-corrected chi connectivity index (χ3v) is 2.68. The molecule has 110 valence electrons. The molecule has 1 N–H and O–H groups in total. The van der Waals surface area contributed by atoms with Crippen LogP contribution in [0.25, 0.3) is 0 Å². The van der Waals surface area contributed by atoms with Crippen molar-refractivity contribution >= 4 is 5.91 Å². The number of nitrogens with zero attached hydrogens (tertiary/aromatic N) is 3. The molecule has 0 unspecified atom stereocenters. The smallest absolute Gasteiger partial charge is 0.273 e. The number of aromatic nitrogens is 1. The van der Waals surface area contributed by atoms with Crippen LogP contribution >= 0.6 is 0 Å². The molecule has 1 rings (SSSR count). The predicted octanol–water partition coefficient (Wildman–Crippen LogP) is 1.44. The van der Waals surface area contributed by atoms with Crippen LogP contribution in [0.4, 0.5) is 0 Å². The number of nitriles is 1. The summed E-state index contributed by atoms with van der Waals surface area (Å²) in [6, 6.07) is 5.44. The maximum Gasteiger partial charge on any atom is 0.273 e. The van der Waals surface area contributed by atoms with Crippen LogP contribution in [0.5, 0.6) is 0 Å². The van der Waals surface area contributed by atoms with E-state index >= 15 is 0 Å². The molecule has 0 saturated carbocycles. The number of pyridine rings is 1. The van der Waals surface area contributed by atoms with E-state index in [0.29, 0.717) is 24.6 Å². The number of carbonyl (C=O) groups is 1. The van der Waals surface area contributed by atoms with Gasteiger partial charge in [0.1, 0.15) is 12.3 Å². The van der Waals surface area contributed by atoms with E-state index in [1.807, 2.05) is 13.8 Å². The van der Waals surface area contributed by atoms with Gasteiger partial charge in [-0.25, -0.2) is 4.98 Å². The lowest BCUT2D eigenvalue weighted by molar-refractivity contribution is 0.0733. The van der Waals surface area contributed by atoms with Crippen LogP contribution in [0.3, 0.4) is 0 Å². The normalized spacial score (nSPS) is 9.67. The first-order valence-electron chi connectivity index (χ1n) is 6.81. The molecule has 0 saturated heterocycles. The summed E-state index contributed by atoms with van der Waals surface area (Å²) in [6.07, 6.45) is 1.82. The Morgan fingerprint density at radius 1 is 1.52 bits per heavy atom. The Kier molecular flexibility index (Phi) is 6.94. The minimum atomic E-state index is -0.271. The summed E-state index contributed by atoms with van der Waals surface area (Å²) < 4.78 is 0. The zero-order valence-corrected chi connectivity index (χ0v) is 12.3. The van der Waals surface area contributed by atoms with E-state index in [4.69, 9.17) is 10.4 Å². The highest BCUT2D eigenvalue weighted by molar-refractivity contribution is 5.94. The Balaban J connectivity index is 3.05. The van der Waals surface area contributed by atoms with Gasteiger partial charge in [0.05, 0.1) is 18.1 Å². The quantitative estimate of drug-likeness (QED) is 0.830. The van der Waals surface area contributed by atoms with Crippen LogP contribution in [0.2, 0.25) is 0 Å². The van der Waals surface area contributed by atoms with Crippen LogP contribution in [0.1, 0.15) is 36.3 Å². The van der Waals surface area contributed by atoms with Gasteiger partial charge in [-0.3, -0.25) is 4.79 Å². The van der Waals surface area contributed by atoms with Crippen molar-refractivity contribution in [3.8, 4) is 17.9 Å². The van der Waals surface area contributed by atoms with Crippen molar-refractivity contribution < 1.29 is 9.90 Å². The van der Waals surface area contributed by atoms with Gasteiger partial charge in [0, 0.05) is 19.3 Å². The van der Waals surface area contributed by atoms with Crippen molar-refractivity contribution in [2.24, 2.45) is 5.92 Å². The van der Waals surface area contributed by atoms with Crippen molar-refractivity contribution in [1.29, 1.82) is 5.26 Å². The Bertz CT molecular complexity index is 579. The fraction of sp³-hybridized carbons (Fsp3) is 0.438. The van der Waals surface area contributed by atoms with E-state index < -0.39 is 0 Å². The van der Waals surface area contributed by atoms with Crippen molar-refractivity contribution in [1.82, 2.24) is 9.88 Å². The molecular weight excluding hydrogens is 266 g/mol. The minimum absolute atomic E-state index is 0.234. The Morgan fingerprint density at radius 3 is 2.90 bits per heavy atom. The maximum atomic E-state index is 12.6. The molecular formula is C16H19N3O2. The van der Waals surface area contributed by atoms with Crippen molar-refractivity contribution in [2.75, 3.05) is 19.7 Å². The summed E-state index contributed by atoms with van der Waals surface area (Å²) in [5, 5.41) is 17.5. The van der Waals surface area contributed by atoms with E-state index in [2.05, 4.69) is 22.9 Å². The highest BCUT2D eigenvalue weighted by Crippen LogP contribution is 2.10. The molecule has 1 aromatic heterocycles. The summed E-state index contributed by atoms with van der Waals surface area (Å²) in [7, 11) is 0. The lowest BCUT2D eigenvalue weighted by Gasteiger charge is -2.23. The van der Waals surface area contributed by atoms with Crippen LogP contribution in [-0.2, 0) is 0 Å². The van der Waals surface area contributed by atoms with Gasteiger partial charge in [-0.2, -0.15) is 5.26 Å². The van der Waals surface area contributed by atoms with Gasteiger partial charge in [-0.05, 0) is 18.1 Å². The maximum absolute atomic E-state index is 12.6. The second-order valence-electron chi connectivity index (χ2n) is 4.91. The van der Waals surface area contributed by atoms with Gasteiger partial charge >= 0.3 is 0 Å². The van der Waals surface area contributed by atoms with Gasteiger partial charge in [0.25, 0.3) is 5.91 Å². The number of rotatable bonds is 5. The number of carbonyl (C=O) groups excluding carboxylic acids is 1. The minimum Gasteiger partial charge on any atom is -0.384 e. The summed E-state index contributed by atoms with van der Waals surface area (Å²) in [4.78, 5) is 18.3. The number of hydrogen-bond acceptors (Lipinski definition) is 4. The Labute approximate surface area is 125 Å². The Hall–Kier alpha value is -2.37. The van der Waals surface area contributed by atoms with Crippen LogP contribution in [0.15, 0.2) is 18.3 Å². The molecule has 5 nitrogen and oxygen atoms in total. The first-order valence-corrected chi connectivity index (χ1v) is 6.81. The predicted molar refractivity (Wildman–Crippen MR) is 79.2 cm³/mol. The number of hydrogen-bond donors (Lipinski definition) is 1. The van der Waals surface area contributed by atoms with E-state index in [9.17, 15) is 4.79 Å². The van der Waals surface area contributed by atoms with Gasteiger partial charge < -0.3 is 10.0 Å². The van der Waals surface area contributed by atoms with Gasteiger partial charge in [0.2, 0.25) is 0 Å². The summed E-state index contributed by atoms with van der Waals surface area (Å²) in [6.45, 7) is 4.68. The van der Waals surface area contributed by atoms with Crippen molar-refractivity contribution in [3.63, 3.8) is 0 Å². The molecule has 1 heterocycles. The first-order chi connectivity index (χ1) is 10.1. The molecule has 0 atom stereocenters. The largest absolute Gasteiger partial charge is 0.384 e. The molecule has 0 aliphatic rings. The van der Waals surface area contributed by atoms with Crippen molar-refractivity contribution in [2.45, 2.75) is 20.3 Å². The highest BCUT2D eigenvalue weighted by atomic mass is 16.2.